The lowest BCUT2D eigenvalue weighted by molar-refractivity contribution is -0.122. The van der Waals surface area contributed by atoms with Gasteiger partial charge in [0.1, 0.15) is 5.82 Å². The van der Waals surface area contributed by atoms with E-state index in [1.165, 1.54) is 0 Å². The van der Waals surface area contributed by atoms with Crippen LogP contribution in [0.3, 0.4) is 0 Å². The van der Waals surface area contributed by atoms with Gasteiger partial charge in [0.15, 0.2) is 11.5 Å². The van der Waals surface area contributed by atoms with Gasteiger partial charge in [0.25, 0.3) is 0 Å². The van der Waals surface area contributed by atoms with E-state index in [4.69, 9.17) is 9.47 Å². The molecule has 6 nitrogen and oxygen atoms in total. The topological polar surface area (TPSA) is 72.5 Å². The number of pyridine rings is 1. The van der Waals surface area contributed by atoms with E-state index in [2.05, 4.69) is 15.6 Å². The van der Waals surface area contributed by atoms with Crippen molar-refractivity contribution in [1.29, 1.82) is 0 Å². The van der Waals surface area contributed by atoms with E-state index in [-0.39, 0.29) is 11.8 Å². The van der Waals surface area contributed by atoms with Crippen LogP contribution in [-0.2, 0) is 4.79 Å². The summed E-state index contributed by atoms with van der Waals surface area (Å²) in [7, 11) is 3.20. The minimum absolute atomic E-state index is 0.0642. The van der Waals surface area contributed by atoms with E-state index < -0.39 is 0 Å². The first kappa shape index (κ1) is 16.1. The molecule has 0 spiro atoms. The van der Waals surface area contributed by atoms with Gasteiger partial charge >= 0.3 is 0 Å². The van der Waals surface area contributed by atoms with E-state index in [1.807, 2.05) is 24.3 Å². The molecule has 2 N–H and O–H groups in total. The first-order valence-corrected chi connectivity index (χ1v) is 7.95. The van der Waals surface area contributed by atoms with Crippen molar-refractivity contribution in [3.05, 3.63) is 36.5 Å². The summed E-state index contributed by atoms with van der Waals surface area (Å²) in [5, 5.41) is 6.10. The molecule has 1 amide bonds. The molecule has 0 unspecified atom stereocenters. The minimum Gasteiger partial charge on any atom is -0.493 e. The molecular formula is C18H21N3O3. The first-order valence-electron chi connectivity index (χ1n) is 7.95. The van der Waals surface area contributed by atoms with E-state index in [0.29, 0.717) is 17.3 Å². The Morgan fingerprint density at radius 2 is 1.83 bits per heavy atom. The van der Waals surface area contributed by atoms with Crippen LogP contribution in [0.5, 0.6) is 11.5 Å². The third-order valence-electron chi connectivity index (χ3n) is 4.16. The number of rotatable bonds is 6. The number of carbonyl (C=O) groups is 1. The standard InChI is InChI=1S/C18H21N3O3/c1-23-15-8-6-13(10-16(15)24-2)20-14-7-9-17(19-11-14)21-18(22)12-4-3-5-12/h6-12,20H,3-5H2,1-2H3,(H,19,21,22). The van der Waals surface area contributed by atoms with Gasteiger partial charge in [0.05, 0.1) is 26.1 Å². The Bertz CT molecular complexity index is 712. The number of hydrogen-bond acceptors (Lipinski definition) is 5. The number of nitrogens with zero attached hydrogens (tertiary/aromatic N) is 1. The second kappa shape index (κ2) is 7.21. The Hall–Kier alpha value is -2.76. The van der Waals surface area contributed by atoms with Crippen molar-refractivity contribution >= 4 is 23.1 Å². The average molecular weight is 327 g/mol. The second-order valence-corrected chi connectivity index (χ2v) is 5.74. The van der Waals surface area contributed by atoms with Crippen LogP contribution in [0.4, 0.5) is 17.2 Å². The molecule has 1 saturated carbocycles. The molecule has 126 valence electrons. The zero-order valence-electron chi connectivity index (χ0n) is 13.8. The van der Waals surface area contributed by atoms with E-state index in [1.54, 1.807) is 26.5 Å². The number of carbonyl (C=O) groups excluding carboxylic acids is 1. The molecule has 3 rings (SSSR count). The molecule has 1 heterocycles. The molecule has 24 heavy (non-hydrogen) atoms. The molecule has 0 atom stereocenters. The number of methoxy groups -OCH3 is 2. The number of amides is 1. The zero-order valence-corrected chi connectivity index (χ0v) is 13.8. The van der Waals surface area contributed by atoms with Gasteiger partial charge in [-0.25, -0.2) is 4.98 Å². The Balaban J connectivity index is 1.64. The predicted molar refractivity (Wildman–Crippen MR) is 93.0 cm³/mol. The lowest BCUT2D eigenvalue weighted by atomic mass is 9.85. The molecule has 1 fully saturated rings. The SMILES string of the molecule is COc1ccc(Nc2ccc(NC(=O)C3CCC3)nc2)cc1OC. The van der Waals surface area contributed by atoms with E-state index in [9.17, 15) is 4.79 Å². The summed E-state index contributed by atoms with van der Waals surface area (Å²) in [5.74, 6) is 2.12. The Kier molecular flexibility index (Phi) is 4.84. The van der Waals surface area contributed by atoms with Crippen LogP contribution < -0.4 is 20.1 Å². The van der Waals surface area contributed by atoms with E-state index >= 15 is 0 Å². The molecule has 1 aliphatic rings. The molecule has 6 heteroatoms. The molecule has 1 aliphatic carbocycles. The lowest BCUT2D eigenvalue weighted by Crippen LogP contribution is -2.28. The van der Waals surface area contributed by atoms with Crippen LogP contribution in [0.15, 0.2) is 36.5 Å². The van der Waals surface area contributed by atoms with Crippen molar-refractivity contribution in [2.45, 2.75) is 19.3 Å². The minimum atomic E-state index is 0.0642. The predicted octanol–water partition coefficient (Wildman–Crippen LogP) is 3.58. The van der Waals surface area contributed by atoms with Crippen LogP contribution >= 0.6 is 0 Å². The van der Waals surface area contributed by atoms with Gasteiger partial charge in [-0.2, -0.15) is 0 Å². The zero-order chi connectivity index (χ0) is 16.9. The second-order valence-electron chi connectivity index (χ2n) is 5.74. The molecule has 2 aromatic rings. The van der Waals surface area contributed by atoms with Crippen LogP contribution in [0.1, 0.15) is 19.3 Å². The van der Waals surface area contributed by atoms with Gasteiger partial charge in [0.2, 0.25) is 5.91 Å². The maximum Gasteiger partial charge on any atom is 0.228 e. The summed E-state index contributed by atoms with van der Waals surface area (Å²) < 4.78 is 10.5. The number of aromatic nitrogens is 1. The molecule has 0 radical (unpaired) electrons. The number of ether oxygens (including phenoxy) is 2. The fourth-order valence-electron chi connectivity index (χ4n) is 2.52. The molecule has 1 aromatic carbocycles. The summed E-state index contributed by atoms with van der Waals surface area (Å²) in [6, 6.07) is 9.25. The van der Waals surface area contributed by atoms with Crippen LogP contribution in [0, 0.1) is 5.92 Å². The lowest BCUT2D eigenvalue weighted by Gasteiger charge is -2.23. The quantitative estimate of drug-likeness (QED) is 0.848. The monoisotopic (exact) mass is 327 g/mol. The van der Waals surface area contributed by atoms with Crippen LogP contribution in [0.25, 0.3) is 0 Å². The summed E-state index contributed by atoms with van der Waals surface area (Å²) in [5.41, 5.74) is 1.68. The normalized spacial score (nSPS) is 13.8. The van der Waals surface area contributed by atoms with Crippen molar-refractivity contribution in [2.75, 3.05) is 24.9 Å². The Labute approximate surface area is 141 Å². The van der Waals surface area contributed by atoms with Gasteiger partial charge < -0.3 is 20.1 Å². The van der Waals surface area contributed by atoms with Crippen molar-refractivity contribution < 1.29 is 14.3 Å². The highest BCUT2D eigenvalue weighted by atomic mass is 16.5. The van der Waals surface area contributed by atoms with Crippen LogP contribution in [-0.4, -0.2) is 25.1 Å². The Morgan fingerprint density at radius 1 is 1.08 bits per heavy atom. The van der Waals surface area contributed by atoms with E-state index in [0.717, 1.165) is 30.6 Å². The third-order valence-corrected chi connectivity index (χ3v) is 4.16. The smallest absolute Gasteiger partial charge is 0.228 e. The van der Waals surface area contributed by atoms with Crippen molar-refractivity contribution in [2.24, 2.45) is 5.92 Å². The maximum absolute atomic E-state index is 11.9. The summed E-state index contributed by atoms with van der Waals surface area (Å²) in [6.07, 6.45) is 4.78. The highest BCUT2D eigenvalue weighted by Gasteiger charge is 2.25. The number of benzene rings is 1. The summed E-state index contributed by atoms with van der Waals surface area (Å²) in [6.45, 7) is 0. The highest BCUT2D eigenvalue weighted by molar-refractivity contribution is 5.92. The highest BCUT2D eigenvalue weighted by Crippen LogP contribution is 2.31. The Morgan fingerprint density at radius 3 is 2.42 bits per heavy atom. The van der Waals surface area contributed by atoms with Crippen molar-refractivity contribution in [1.82, 2.24) is 4.98 Å². The molecule has 1 aromatic heterocycles. The first-order chi connectivity index (χ1) is 11.7. The molecular weight excluding hydrogens is 306 g/mol. The largest absolute Gasteiger partial charge is 0.493 e. The van der Waals surface area contributed by atoms with Gasteiger partial charge in [0, 0.05) is 17.7 Å². The van der Waals surface area contributed by atoms with Gasteiger partial charge in [-0.15, -0.1) is 0 Å². The van der Waals surface area contributed by atoms with Gasteiger partial charge in [-0.1, -0.05) is 6.42 Å². The summed E-state index contributed by atoms with van der Waals surface area (Å²) >= 11 is 0. The van der Waals surface area contributed by atoms with Crippen LogP contribution in [0.2, 0.25) is 0 Å². The maximum atomic E-state index is 11.9. The van der Waals surface area contributed by atoms with Gasteiger partial charge in [-0.3, -0.25) is 4.79 Å². The fraction of sp³-hybridized carbons (Fsp3) is 0.333. The third kappa shape index (κ3) is 3.59. The molecule has 0 saturated heterocycles. The average Bonchev–Trinajstić information content (AvgIpc) is 2.55. The molecule has 0 aliphatic heterocycles. The fourth-order valence-corrected chi connectivity index (χ4v) is 2.52. The summed E-state index contributed by atoms with van der Waals surface area (Å²) in [4.78, 5) is 16.2. The van der Waals surface area contributed by atoms with Gasteiger partial charge in [-0.05, 0) is 37.1 Å². The number of hydrogen-bond donors (Lipinski definition) is 2. The van der Waals surface area contributed by atoms with Crippen molar-refractivity contribution in [3.8, 4) is 11.5 Å². The number of anilines is 3. The molecule has 0 bridgehead atoms. The van der Waals surface area contributed by atoms with Crippen molar-refractivity contribution in [3.63, 3.8) is 0 Å². The number of nitrogens with one attached hydrogen (secondary N) is 2.